The minimum Gasteiger partial charge on any atom is -0.361 e. The van der Waals surface area contributed by atoms with Crippen LogP contribution in [0.25, 0.3) is 0 Å². The van der Waals surface area contributed by atoms with Gasteiger partial charge in [0.05, 0.1) is 6.20 Å². The zero-order chi connectivity index (χ0) is 33.0. The van der Waals surface area contributed by atoms with Crippen molar-refractivity contribution in [1.82, 2.24) is 14.8 Å². The average molecular weight is 667 g/mol. The highest BCUT2D eigenvalue weighted by Gasteiger charge is 2.40. The van der Waals surface area contributed by atoms with Crippen molar-refractivity contribution in [3.05, 3.63) is 174 Å². The average Bonchev–Trinajstić information content (AvgIpc) is 3.74. The first-order valence-corrected chi connectivity index (χ1v) is 21.2. The van der Waals surface area contributed by atoms with E-state index in [1.54, 1.807) is 11.8 Å². The summed E-state index contributed by atoms with van der Waals surface area (Å²) in [5.74, 6) is 1.09. The van der Waals surface area contributed by atoms with Gasteiger partial charge in [0, 0.05) is 54.9 Å². The van der Waals surface area contributed by atoms with Crippen molar-refractivity contribution < 1.29 is 4.74 Å². The van der Waals surface area contributed by atoms with E-state index in [-0.39, 0.29) is 5.92 Å². The van der Waals surface area contributed by atoms with Gasteiger partial charge < -0.3 is 9.64 Å². The van der Waals surface area contributed by atoms with Crippen molar-refractivity contribution >= 4 is 25.7 Å². The molecular weight excluding hydrogens is 625 g/mol. The Morgan fingerprint density at radius 2 is 1.31 bits per heavy atom. The van der Waals surface area contributed by atoms with E-state index in [9.17, 15) is 0 Å². The fourth-order valence-corrected chi connectivity index (χ4v) is 8.26. The second-order valence-electron chi connectivity index (χ2n) is 13.6. The van der Waals surface area contributed by atoms with Gasteiger partial charge in [-0.15, -0.1) is 0 Å². The molecule has 5 nitrogen and oxygen atoms in total. The summed E-state index contributed by atoms with van der Waals surface area (Å²) in [5.41, 5.74) is 5.19. The number of hydrogen-bond donors (Lipinski definition) is 0. The molecule has 3 heterocycles. The number of fused-ring (bicyclic) bond motifs is 1. The summed E-state index contributed by atoms with van der Waals surface area (Å²) in [4.78, 5) is 9.68. The van der Waals surface area contributed by atoms with Crippen LogP contribution in [0.2, 0.25) is 25.7 Å². The molecule has 0 bridgehead atoms. The molecule has 0 saturated carbocycles. The van der Waals surface area contributed by atoms with Crippen LogP contribution in [-0.4, -0.2) is 42.7 Å². The van der Waals surface area contributed by atoms with Crippen molar-refractivity contribution in [3.63, 3.8) is 0 Å². The third-order valence-electron chi connectivity index (χ3n) is 9.09. The number of rotatable bonds is 12. The Morgan fingerprint density at radius 1 is 0.750 bits per heavy atom. The Bertz CT molecular complexity index is 1830. The van der Waals surface area contributed by atoms with Gasteiger partial charge in [-0.05, 0) is 46.5 Å². The van der Waals surface area contributed by atoms with Gasteiger partial charge in [0.2, 0.25) is 0 Å². The van der Waals surface area contributed by atoms with Crippen molar-refractivity contribution in [1.29, 1.82) is 0 Å². The molecule has 1 aliphatic rings. The smallest absolute Gasteiger partial charge is 0.138 e. The predicted molar refractivity (Wildman–Crippen MR) is 200 cm³/mol. The van der Waals surface area contributed by atoms with Crippen molar-refractivity contribution in [2.75, 3.05) is 24.8 Å². The highest BCUT2D eigenvalue weighted by Crippen LogP contribution is 2.44. The van der Waals surface area contributed by atoms with Gasteiger partial charge in [-0.2, -0.15) is 5.10 Å². The number of anilines is 1. The van der Waals surface area contributed by atoms with Gasteiger partial charge in [-0.25, -0.2) is 4.98 Å². The van der Waals surface area contributed by atoms with E-state index >= 15 is 0 Å². The maximum atomic E-state index is 6.29. The summed E-state index contributed by atoms with van der Waals surface area (Å²) in [6.07, 6.45) is 6.32. The Balaban J connectivity index is 1.30. The molecule has 0 N–H and O–H groups in total. The lowest BCUT2D eigenvalue weighted by Crippen LogP contribution is -2.38. The fraction of sp³-hybridized carbons (Fsp3) is 0.220. The van der Waals surface area contributed by atoms with Crippen LogP contribution >= 0.6 is 11.8 Å². The molecule has 4 aromatic carbocycles. The van der Waals surface area contributed by atoms with Gasteiger partial charge in [-0.1, -0.05) is 141 Å². The van der Waals surface area contributed by atoms with Gasteiger partial charge >= 0.3 is 0 Å². The minimum absolute atomic E-state index is 0.0955. The first-order chi connectivity index (χ1) is 23.4. The van der Waals surface area contributed by atoms with E-state index in [1.807, 2.05) is 6.20 Å². The van der Waals surface area contributed by atoms with Crippen LogP contribution in [0.5, 0.6) is 0 Å². The molecule has 1 unspecified atom stereocenters. The highest BCUT2D eigenvalue weighted by molar-refractivity contribution is 7.99. The molecule has 242 valence electrons. The summed E-state index contributed by atoms with van der Waals surface area (Å²) in [6.45, 7) is 9.27. The lowest BCUT2D eigenvalue weighted by atomic mass is 9.77. The summed E-state index contributed by atoms with van der Waals surface area (Å²) in [6, 6.07) is 46.2. The molecule has 7 rings (SSSR count). The molecule has 48 heavy (non-hydrogen) atoms. The zero-order valence-electron chi connectivity index (χ0n) is 27.9. The molecule has 0 aliphatic carbocycles. The molecular formula is C41H42N4OSSi. The summed E-state index contributed by atoms with van der Waals surface area (Å²) >= 11 is 1.75. The van der Waals surface area contributed by atoms with Crippen LogP contribution < -0.4 is 4.90 Å². The molecule has 0 spiro atoms. The molecule has 0 radical (unpaired) electrons. The number of hydrogen-bond acceptors (Lipinski definition) is 5. The van der Waals surface area contributed by atoms with Crippen molar-refractivity contribution in [3.8, 4) is 0 Å². The summed E-state index contributed by atoms with van der Waals surface area (Å²) in [7, 11) is -1.19. The van der Waals surface area contributed by atoms with Crippen LogP contribution in [0.1, 0.15) is 33.7 Å². The van der Waals surface area contributed by atoms with E-state index in [4.69, 9.17) is 14.8 Å². The maximum Gasteiger partial charge on any atom is 0.138 e. The van der Waals surface area contributed by atoms with Crippen LogP contribution in [0.3, 0.4) is 0 Å². The zero-order valence-corrected chi connectivity index (χ0v) is 29.7. The number of pyridine rings is 1. The van der Waals surface area contributed by atoms with Gasteiger partial charge in [0.1, 0.15) is 18.1 Å². The Hall–Kier alpha value is -4.43. The third-order valence-corrected chi connectivity index (χ3v) is 11.8. The Morgan fingerprint density at radius 3 is 1.88 bits per heavy atom. The van der Waals surface area contributed by atoms with Crippen LogP contribution in [0.15, 0.2) is 156 Å². The summed E-state index contributed by atoms with van der Waals surface area (Å²) < 4.78 is 8.46. The number of ether oxygens (including phenoxy) is 1. The van der Waals surface area contributed by atoms with Crippen molar-refractivity contribution in [2.45, 2.75) is 46.9 Å². The quantitative estimate of drug-likeness (QED) is 0.0740. The molecule has 0 saturated heterocycles. The van der Waals surface area contributed by atoms with Crippen molar-refractivity contribution in [2.24, 2.45) is 0 Å². The molecule has 6 aromatic rings. The Labute approximate surface area is 289 Å². The Kier molecular flexibility index (Phi) is 9.35. The maximum absolute atomic E-state index is 6.29. The largest absolute Gasteiger partial charge is 0.361 e. The lowest BCUT2D eigenvalue weighted by Gasteiger charge is -2.36. The molecule has 1 aliphatic heterocycles. The topological polar surface area (TPSA) is 43.2 Å². The van der Waals surface area contributed by atoms with E-state index in [0.717, 1.165) is 52.2 Å². The third kappa shape index (κ3) is 6.63. The van der Waals surface area contributed by atoms with Gasteiger partial charge in [0.15, 0.2) is 0 Å². The van der Waals surface area contributed by atoms with Crippen LogP contribution in [-0.2, 0) is 10.3 Å². The van der Waals surface area contributed by atoms with Gasteiger partial charge in [0.25, 0.3) is 0 Å². The molecule has 7 heteroatoms. The van der Waals surface area contributed by atoms with Crippen LogP contribution in [0, 0.1) is 0 Å². The first kappa shape index (κ1) is 32.1. The second-order valence-corrected chi connectivity index (χ2v) is 20.4. The standard InChI is InChI=1S/C41H42N4OSSi/c1-48(2,3)25-24-46-31-44-30-39(38-26-37(28-42-40(38)44)47-36-22-14-7-15-23-36)32-27-43-45(29-32)41(33-16-8-4-9-17-33,34-18-10-5-11-19-34)35-20-12-6-13-21-35/h4-23,26-29,39H,24-25,30-31H2,1-3H3. The van der Waals surface area contributed by atoms with E-state index in [2.05, 4.69) is 169 Å². The van der Waals surface area contributed by atoms with Gasteiger partial charge in [-0.3, -0.25) is 4.68 Å². The molecule has 0 amide bonds. The van der Waals surface area contributed by atoms with Crippen LogP contribution in [0.4, 0.5) is 5.82 Å². The summed E-state index contributed by atoms with van der Waals surface area (Å²) in [5, 5.41) is 5.20. The first-order valence-electron chi connectivity index (χ1n) is 16.7. The molecule has 1 atom stereocenters. The molecule has 2 aromatic heterocycles. The normalized spacial score (nSPS) is 14.6. The highest BCUT2D eigenvalue weighted by atomic mass is 32.2. The number of benzene rings is 4. The SMILES string of the molecule is C[Si](C)(C)CCOCN1CC(c2cnn(C(c3ccccc3)(c3ccccc3)c3ccccc3)c2)c2cc(Sc3ccccc3)cnc21. The van der Waals surface area contributed by atoms with E-state index in [0.29, 0.717) is 6.73 Å². The number of nitrogens with zero attached hydrogens (tertiary/aromatic N) is 4. The van der Waals surface area contributed by atoms with E-state index in [1.165, 1.54) is 10.5 Å². The second kappa shape index (κ2) is 14.0. The predicted octanol–water partition coefficient (Wildman–Crippen LogP) is 9.53. The van der Waals surface area contributed by atoms with E-state index < -0.39 is 13.6 Å². The monoisotopic (exact) mass is 666 g/mol. The fourth-order valence-electron chi connectivity index (χ4n) is 6.65. The number of aromatic nitrogens is 3. The molecule has 0 fully saturated rings. The lowest BCUT2D eigenvalue weighted by molar-refractivity contribution is 0.147. The minimum atomic E-state index is -1.19.